The number of carbonyl (C=O) groups is 2. The molecule has 0 radical (unpaired) electrons. The molecule has 1 spiro atoms. The van der Waals surface area contributed by atoms with Crippen LogP contribution in [-0.2, 0) is 11.3 Å². The Bertz CT molecular complexity index is 1260. The Kier molecular flexibility index (Phi) is 4.70. The number of fused-ring (bicyclic) bond motifs is 1. The monoisotopic (exact) mass is 456 g/mol. The molecular weight excluding hydrogens is 437 g/mol. The molecule has 2 fully saturated rings. The SMILES string of the molecule is CNc1ccc2nccc(CN3C(=O)N(c4ccc(OC(F)(F)F)cc4)C(=O)C34CC4)c2c1. The van der Waals surface area contributed by atoms with Crippen LogP contribution in [0.3, 0.4) is 0 Å². The average Bonchev–Trinajstić information content (AvgIpc) is 3.55. The molecule has 1 saturated heterocycles. The molecule has 2 aromatic carbocycles. The number of alkyl halides is 3. The zero-order valence-electron chi connectivity index (χ0n) is 17.5. The minimum atomic E-state index is -4.82. The van der Waals surface area contributed by atoms with Gasteiger partial charge < -0.3 is 15.0 Å². The Morgan fingerprint density at radius 2 is 1.82 bits per heavy atom. The van der Waals surface area contributed by atoms with Gasteiger partial charge in [0, 0.05) is 30.9 Å². The molecule has 2 heterocycles. The molecule has 3 amide bonds. The lowest BCUT2D eigenvalue weighted by Gasteiger charge is -2.22. The van der Waals surface area contributed by atoms with E-state index in [9.17, 15) is 22.8 Å². The second-order valence-corrected chi connectivity index (χ2v) is 8.03. The number of nitrogens with one attached hydrogen (secondary N) is 1. The van der Waals surface area contributed by atoms with Crippen molar-refractivity contribution in [2.45, 2.75) is 31.3 Å². The molecule has 0 unspecified atom stereocenters. The summed E-state index contributed by atoms with van der Waals surface area (Å²) in [6, 6.07) is 11.8. The molecule has 1 aliphatic heterocycles. The molecule has 1 aromatic heterocycles. The van der Waals surface area contributed by atoms with Gasteiger partial charge in [-0.3, -0.25) is 9.78 Å². The molecule has 1 saturated carbocycles. The highest BCUT2D eigenvalue weighted by molar-refractivity contribution is 6.24. The number of aromatic nitrogens is 1. The van der Waals surface area contributed by atoms with Gasteiger partial charge in [-0.15, -0.1) is 13.2 Å². The van der Waals surface area contributed by atoms with Crippen molar-refractivity contribution in [3.63, 3.8) is 0 Å². The number of amides is 3. The molecule has 1 aliphatic carbocycles. The number of pyridine rings is 1. The molecule has 2 aliphatic rings. The zero-order valence-corrected chi connectivity index (χ0v) is 17.5. The molecule has 3 aromatic rings. The molecule has 10 heteroatoms. The van der Waals surface area contributed by atoms with Crippen LogP contribution in [0.5, 0.6) is 5.75 Å². The lowest BCUT2D eigenvalue weighted by molar-refractivity contribution is -0.274. The van der Waals surface area contributed by atoms with Gasteiger partial charge in [0.25, 0.3) is 5.91 Å². The summed E-state index contributed by atoms with van der Waals surface area (Å²) in [6.45, 7) is 0.211. The van der Waals surface area contributed by atoms with Crippen LogP contribution in [0.1, 0.15) is 18.4 Å². The van der Waals surface area contributed by atoms with Gasteiger partial charge in [0.2, 0.25) is 0 Å². The van der Waals surface area contributed by atoms with E-state index in [0.29, 0.717) is 12.8 Å². The van der Waals surface area contributed by atoms with Gasteiger partial charge in [0.05, 0.1) is 11.2 Å². The first-order valence-corrected chi connectivity index (χ1v) is 10.3. The highest BCUT2D eigenvalue weighted by Gasteiger charge is 2.65. The van der Waals surface area contributed by atoms with E-state index in [1.165, 1.54) is 12.1 Å². The molecule has 170 valence electrons. The van der Waals surface area contributed by atoms with Gasteiger partial charge >= 0.3 is 12.4 Å². The molecule has 7 nitrogen and oxygen atoms in total. The van der Waals surface area contributed by atoms with E-state index in [2.05, 4.69) is 15.0 Å². The Hall–Kier alpha value is -3.82. The number of hydrogen-bond acceptors (Lipinski definition) is 5. The quantitative estimate of drug-likeness (QED) is 0.565. The third kappa shape index (κ3) is 3.61. The summed E-state index contributed by atoms with van der Waals surface area (Å²) >= 11 is 0. The van der Waals surface area contributed by atoms with Crippen molar-refractivity contribution in [2.24, 2.45) is 0 Å². The largest absolute Gasteiger partial charge is 0.573 e. The van der Waals surface area contributed by atoms with Crippen molar-refractivity contribution in [2.75, 3.05) is 17.3 Å². The van der Waals surface area contributed by atoms with Crippen LogP contribution >= 0.6 is 0 Å². The fourth-order valence-corrected chi connectivity index (χ4v) is 4.23. The Balaban J connectivity index is 1.46. The maximum Gasteiger partial charge on any atom is 0.573 e. The van der Waals surface area contributed by atoms with E-state index in [-0.39, 0.29) is 18.1 Å². The van der Waals surface area contributed by atoms with E-state index in [1.807, 2.05) is 31.3 Å². The number of hydrogen-bond donors (Lipinski definition) is 1. The highest BCUT2D eigenvalue weighted by Crippen LogP contribution is 2.50. The summed E-state index contributed by atoms with van der Waals surface area (Å²) < 4.78 is 41.2. The van der Waals surface area contributed by atoms with Gasteiger partial charge in [-0.1, -0.05) is 0 Å². The van der Waals surface area contributed by atoms with Crippen LogP contribution in [0.15, 0.2) is 54.7 Å². The van der Waals surface area contributed by atoms with Crippen molar-refractivity contribution in [3.05, 3.63) is 60.3 Å². The molecular formula is C23H19F3N4O3. The smallest absolute Gasteiger partial charge is 0.406 e. The number of imide groups is 1. The first-order valence-electron chi connectivity index (χ1n) is 10.3. The summed E-state index contributed by atoms with van der Waals surface area (Å²) in [6.07, 6.45) is -2.09. The van der Waals surface area contributed by atoms with Crippen LogP contribution < -0.4 is 15.0 Å². The topological polar surface area (TPSA) is 74.8 Å². The van der Waals surface area contributed by atoms with E-state index in [0.717, 1.165) is 39.2 Å². The van der Waals surface area contributed by atoms with Crippen molar-refractivity contribution < 1.29 is 27.5 Å². The van der Waals surface area contributed by atoms with Crippen molar-refractivity contribution >= 4 is 34.2 Å². The van der Waals surface area contributed by atoms with E-state index in [4.69, 9.17) is 0 Å². The average molecular weight is 456 g/mol. The van der Waals surface area contributed by atoms with Gasteiger partial charge in [-0.25, -0.2) is 9.69 Å². The fraction of sp³-hybridized carbons (Fsp3) is 0.261. The van der Waals surface area contributed by atoms with Crippen molar-refractivity contribution in [1.82, 2.24) is 9.88 Å². The lowest BCUT2D eigenvalue weighted by atomic mass is 10.1. The Morgan fingerprint density at radius 1 is 1.09 bits per heavy atom. The highest BCUT2D eigenvalue weighted by atomic mass is 19.4. The standard InChI is InChI=1S/C23H19F3N4O3/c1-27-15-2-7-19-18(12-15)14(8-11-28-19)13-29-21(32)30(20(31)22(29)9-10-22)16-3-5-17(6-4-16)33-23(24,25)26/h2-8,11-12,27H,9-10,13H2,1H3. The molecule has 1 N–H and O–H groups in total. The summed E-state index contributed by atoms with van der Waals surface area (Å²) in [5.74, 6) is -0.793. The predicted octanol–water partition coefficient (Wildman–Crippen LogP) is 4.68. The van der Waals surface area contributed by atoms with E-state index < -0.39 is 23.7 Å². The zero-order chi connectivity index (χ0) is 23.4. The number of urea groups is 1. The number of anilines is 2. The lowest BCUT2D eigenvalue weighted by Crippen LogP contribution is -2.36. The third-order valence-electron chi connectivity index (χ3n) is 6.04. The van der Waals surface area contributed by atoms with Crippen LogP contribution in [0.4, 0.5) is 29.3 Å². The number of rotatable bonds is 5. The van der Waals surface area contributed by atoms with E-state index in [1.54, 1.807) is 11.1 Å². The molecule has 0 bridgehead atoms. The maximum atomic E-state index is 13.3. The third-order valence-corrected chi connectivity index (χ3v) is 6.04. The van der Waals surface area contributed by atoms with Gasteiger partial charge in [0.15, 0.2) is 0 Å². The molecule has 5 rings (SSSR count). The van der Waals surface area contributed by atoms with Crippen LogP contribution in [0, 0.1) is 0 Å². The number of ether oxygens (including phenoxy) is 1. The number of benzene rings is 2. The van der Waals surface area contributed by atoms with Gasteiger partial charge in [-0.2, -0.15) is 0 Å². The summed E-state index contributed by atoms with van der Waals surface area (Å²) in [4.78, 5) is 33.5. The number of halogens is 3. The Morgan fingerprint density at radius 3 is 2.45 bits per heavy atom. The molecule has 33 heavy (non-hydrogen) atoms. The second kappa shape index (κ2) is 7.36. The molecule has 0 atom stereocenters. The number of carbonyl (C=O) groups excluding carboxylic acids is 2. The van der Waals surface area contributed by atoms with Crippen LogP contribution in [0.2, 0.25) is 0 Å². The van der Waals surface area contributed by atoms with Crippen molar-refractivity contribution in [3.8, 4) is 5.75 Å². The van der Waals surface area contributed by atoms with Gasteiger partial charge in [0.1, 0.15) is 11.3 Å². The minimum absolute atomic E-state index is 0.199. The van der Waals surface area contributed by atoms with E-state index >= 15 is 0 Å². The normalized spacial score (nSPS) is 17.2. The Labute approximate surface area is 186 Å². The summed E-state index contributed by atoms with van der Waals surface area (Å²) in [5, 5.41) is 3.95. The first-order chi connectivity index (χ1) is 15.7. The van der Waals surface area contributed by atoms with Crippen LogP contribution in [-0.4, -0.2) is 40.8 Å². The van der Waals surface area contributed by atoms with Crippen molar-refractivity contribution in [1.29, 1.82) is 0 Å². The van der Waals surface area contributed by atoms with Gasteiger partial charge in [-0.05, 0) is 66.9 Å². The first kappa shape index (κ1) is 21.0. The second-order valence-electron chi connectivity index (χ2n) is 8.03. The van der Waals surface area contributed by atoms with Crippen LogP contribution in [0.25, 0.3) is 10.9 Å². The predicted molar refractivity (Wildman–Crippen MR) is 115 cm³/mol. The number of nitrogens with zero attached hydrogens (tertiary/aromatic N) is 3. The fourth-order valence-electron chi connectivity index (χ4n) is 4.23. The summed E-state index contributed by atoms with van der Waals surface area (Å²) in [7, 11) is 1.81. The summed E-state index contributed by atoms with van der Waals surface area (Å²) in [5.41, 5.74) is 1.79. The minimum Gasteiger partial charge on any atom is -0.406 e. The maximum absolute atomic E-state index is 13.3.